The molecule has 7 heteroatoms. The number of halogens is 1. The molecule has 0 radical (unpaired) electrons. The molecule has 2 aromatic carbocycles. The van der Waals surface area contributed by atoms with Crippen molar-refractivity contribution in [3.05, 3.63) is 59.1 Å². The molecule has 0 atom stereocenters. The van der Waals surface area contributed by atoms with Crippen LogP contribution in [0.15, 0.2) is 53.4 Å². The monoisotopic (exact) mass is 448 g/mol. The molecule has 0 bridgehead atoms. The Morgan fingerprint density at radius 1 is 1.00 bits per heavy atom. The van der Waals surface area contributed by atoms with Gasteiger partial charge in [-0.1, -0.05) is 50.1 Å². The Morgan fingerprint density at radius 3 is 2.20 bits per heavy atom. The van der Waals surface area contributed by atoms with E-state index in [0.717, 1.165) is 6.42 Å². The lowest BCUT2D eigenvalue weighted by molar-refractivity contribution is 0.0951. The Hall–Kier alpha value is -2.05. The van der Waals surface area contributed by atoms with E-state index >= 15 is 0 Å². The summed E-state index contributed by atoms with van der Waals surface area (Å²) in [6.45, 7) is 0.677. The predicted molar refractivity (Wildman–Crippen MR) is 122 cm³/mol. The first kappa shape index (κ1) is 22.6. The summed E-state index contributed by atoms with van der Waals surface area (Å²) in [5, 5.41) is 3.47. The first-order valence-corrected chi connectivity index (χ1v) is 12.3. The number of nitrogens with one attached hydrogen (secondary N) is 1. The van der Waals surface area contributed by atoms with Crippen molar-refractivity contribution in [2.24, 2.45) is 5.92 Å². The maximum absolute atomic E-state index is 12.8. The first-order valence-electron chi connectivity index (χ1n) is 10.5. The first-order chi connectivity index (χ1) is 14.4. The molecule has 3 rings (SSSR count). The maximum Gasteiger partial charge on any atom is 0.264 e. The molecule has 1 N–H and O–H groups in total. The van der Waals surface area contributed by atoms with Gasteiger partial charge in [-0.15, -0.1) is 0 Å². The summed E-state index contributed by atoms with van der Waals surface area (Å²) in [6.07, 6.45) is 8.80. The standard InChI is InChI=1S/C23H29ClN2O3S/c1-26(30(28,29)22-14-10-20(24)11-15-22)21-12-8-19(9-13-21)23(27)25-17-16-18-6-4-2-3-5-7-18/h8-15,18H,2-7,16-17H2,1H3,(H,25,27). The van der Waals surface area contributed by atoms with Gasteiger partial charge in [0.25, 0.3) is 15.9 Å². The summed E-state index contributed by atoms with van der Waals surface area (Å²) in [4.78, 5) is 12.6. The van der Waals surface area contributed by atoms with E-state index in [1.165, 1.54) is 62.0 Å². The third-order valence-electron chi connectivity index (χ3n) is 5.78. The predicted octanol–water partition coefficient (Wildman–Crippen LogP) is 5.26. The lowest BCUT2D eigenvalue weighted by Gasteiger charge is -2.20. The number of hydrogen-bond donors (Lipinski definition) is 1. The maximum atomic E-state index is 12.8. The summed E-state index contributed by atoms with van der Waals surface area (Å²) in [6, 6.07) is 12.7. The average molecular weight is 449 g/mol. The summed E-state index contributed by atoms with van der Waals surface area (Å²) in [5.41, 5.74) is 1.01. The van der Waals surface area contributed by atoms with Gasteiger partial charge in [0, 0.05) is 24.2 Å². The average Bonchev–Trinajstić information content (AvgIpc) is 3.02. The third-order valence-corrected chi connectivity index (χ3v) is 7.83. The molecule has 1 amide bonds. The van der Waals surface area contributed by atoms with Crippen LogP contribution in [-0.4, -0.2) is 27.9 Å². The van der Waals surface area contributed by atoms with Gasteiger partial charge in [0.1, 0.15) is 0 Å². The van der Waals surface area contributed by atoms with Gasteiger partial charge in [0.15, 0.2) is 0 Å². The quantitative estimate of drug-likeness (QED) is 0.588. The molecule has 0 aliphatic heterocycles. The zero-order chi connectivity index (χ0) is 21.6. The van der Waals surface area contributed by atoms with Crippen molar-refractivity contribution in [2.45, 2.75) is 49.8 Å². The van der Waals surface area contributed by atoms with Gasteiger partial charge in [-0.3, -0.25) is 9.10 Å². The highest BCUT2D eigenvalue weighted by molar-refractivity contribution is 7.92. The zero-order valence-corrected chi connectivity index (χ0v) is 18.9. The highest BCUT2D eigenvalue weighted by Crippen LogP contribution is 2.25. The zero-order valence-electron chi connectivity index (χ0n) is 17.3. The van der Waals surface area contributed by atoms with E-state index < -0.39 is 10.0 Å². The Kier molecular flexibility index (Phi) is 7.78. The molecule has 162 valence electrons. The normalized spacial score (nSPS) is 15.4. The van der Waals surface area contributed by atoms with E-state index in [0.29, 0.717) is 28.7 Å². The second-order valence-electron chi connectivity index (χ2n) is 7.88. The molecule has 0 unspecified atom stereocenters. The van der Waals surface area contributed by atoms with Gasteiger partial charge < -0.3 is 5.32 Å². The van der Waals surface area contributed by atoms with Gasteiger partial charge >= 0.3 is 0 Å². The van der Waals surface area contributed by atoms with Gasteiger partial charge in [-0.25, -0.2) is 8.42 Å². The second kappa shape index (κ2) is 10.3. The molecule has 0 aromatic heterocycles. The molecule has 1 aliphatic carbocycles. The van der Waals surface area contributed by atoms with Crippen molar-refractivity contribution in [3.8, 4) is 0 Å². The minimum Gasteiger partial charge on any atom is -0.352 e. The van der Waals surface area contributed by atoms with E-state index in [2.05, 4.69) is 5.32 Å². The van der Waals surface area contributed by atoms with Crippen LogP contribution in [0.3, 0.4) is 0 Å². The summed E-state index contributed by atoms with van der Waals surface area (Å²) in [5.74, 6) is 0.584. The van der Waals surface area contributed by atoms with Crippen molar-refractivity contribution in [1.82, 2.24) is 5.32 Å². The van der Waals surface area contributed by atoms with Crippen LogP contribution in [0.1, 0.15) is 55.3 Å². The number of nitrogens with zero attached hydrogens (tertiary/aromatic N) is 1. The number of carbonyl (C=O) groups is 1. The third kappa shape index (κ3) is 5.76. The second-order valence-corrected chi connectivity index (χ2v) is 10.3. The van der Waals surface area contributed by atoms with Crippen LogP contribution in [-0.2, 0) is 10.0 Å². The summed E-state index contributed by atoms with van der Waals surface area (Å²) < 4.78 is 26.8. The van der Waals surface area contributed by atoms with Gasteiger partial charge in [-0.2, -0.15) is 0 Å². The minimum atomic E-state index is -3.70. The molecule has 5 nitrogen and oxygen atoms in total. The van der Waals surface area contributed by atoms with E-state index in [-0.39, 0.29) is 10.8 Å². The number of benzene rings is 2. The Balaban J connectivity index is 1.58. The van der Waals surface area contributed by atoms with Crippen molar-refractivity contribution in [1.29, 1.82) is 0 Å². The van der Waals surface area contributed by atoms with Crippen LogP contribution in [0.25, 0.3) is 0 Å². The van der Waals surface area contributed by atoms with E-state index in [9.17, 15) is 13.2 Å². The fraction of sp³-hybridized carbons (Fsp3) is 0.435. The fourth-order valence-electron chi connectivity index (χ4n) is 3.87. The number of amides is 1. The van der Waals surface area contributed by atoms with Gasteiger partial charge in [0.2, 0.25) is 0 Å². The Morgan fingerprint density at radius 2 is 1.60 bits per heavy atom. The summed E-state index contributed by atoms with van der Waals surface area (Å²) in [7, 11) is -2.21. The molecular formula is C23H29ClN2O3S. The molecule has 30 heavy (non-hydrogen) atoms. The largest absolute Gasteiger partial charge is 0.352 e. The number of carbonyl (C=O) groups excluding carboxylic acids is 1. The molecule has 1 aliphatic rings. The SMILES string of the molecule is CN(c1ccc(C(=O)NCCC2CCCCCC2)cc1)S(=O)(=O)c1ccc(Cl)cc1. The lowest BCUT2D eigenvalue weighted by atomic mass is 9.97. The van der Waals surface area contributed by atoms with E-state index in [4.69, 9.17) is 11.6 Å². The van der Waals surface area contributed by atoms with Crippen molar-refractivity contribution in [2.75, 3.05) is 17.9 Å². The fourth-order valence-corrected chi connectivity index (χ4v) is 5.19. The van der Waals surface area contributed by atoms with E-state index in [1.807, 2.05) is 0 Å². The highest BCUT2D eigenvalue weighted by Gasteiger charge is 2.21. The van der Waals surface area contributed by atoms with Gasteiger partial charge in [0.05, 0.1) is 10.6 Å². The van der Waals surface area contributed by atoms with Crippen LogP contribution in [0.4, 0.5) is 5.69 Å². The highest BCUT2D eigenvalue weighted by atomic mass is 35.5. The molecule has 1 fully saturated rings. The molecular weight excluding hydrogens is 420 g/mol. The lowest BCUT2D eigenvalue weighted by Crippen LogP contribution is -2.27. The number of sulfonamides is 1. The molecule has 0 heterocycles. The Bertz CT molecular complexity index is 935. The summed E-state index contributed by atoms with van der Waals surface area (Å²) >= 11 is 5.85. The number of anilines is 1. The van der Waals surface area contributed by atoms with Crippen molar-refractivity contribution in [3.63, 3.8) is 0 Å². The molecule has 1 saturated carbocycles. The molecule has 0 saturated heterocycles. The van der Waals surface area contributed by atoms with Gasteiger partial charge in [-0.05, 0) is 60.9 Å². The van der Waals surface area contributed by atoms with Crippen LogP contribution >= 0.6 is 11.6 Å². The topological polar surface area (TPSA) is 66.5 Å². The smallest absolute Gasteiger partial charge is 0.264 e. The minimum absolute atomic E-state index is 0.126. The van der Waals surface area contributed by atoms with Crippen molar-refractivity contribution >= 4 is 33.2 Å². The van der Waals surface area contributed by atoms with Crippen LogP contribution < -0.4 is 9.62 Å². The Labute approximate surface area is 184 Å². The number of hydrogen-bond acceptors (Lipinski definition) is 3. The van der Waals surface area contributed by atoms with Crippen LogP contribution in [0.2, 0.25) is 5.02 Å². The van der Waals surface area contributed by atoms with Crippen molar-refractivity contribution < 1.29 is 13.2 Å². The van der Waals surface area contributed by atoms with Crippen LogP contribution in [0.5, 0.6) is 0 Å². The van der Waals surface area contributed by atoms with Crippen LogP contribution in [0, 0.1) is 5.92 Å². The molecule has 0 spiro atoms. The molecule has 2 aromatic rings. The number of rotatable bonds is 7. The van der Waals surface area contributed by atoms with E-state index in [1.54, 1.807) is 36.4 Å².